The predicted molar refractivity (Wildman–Crippen MR) is 128 cm³/mol. The van der Waals surface area contributed by atoms with Crippen molar-refractivity contribution in [3.63, 3.8) is 0 Å². The minimum Gasteiger partial charge on any atom is -0.350 e. The molecule has 0 saturated carbocycles. The Kier molecular flexibility index (Phi) is 5.61. The number of thiazole rings is 1. The molecule has 1 saturated heterocycles. The van der Waals surface area contributed by atoms with Crippen molar-refractivity contribution in [1.82, 2.24) is 24.8 Å². The number of nitrogens with one attached hydrogen (secondary N) is 1. The smallest absolute Gasteiger partial charge is 0.243 e. The van der Waals surface area contributed by atoms with Crippen LogP contribution in [0.5, 0.6) is 0 Å². The van der Waals surface area contributed by atoms with Gasteiger partial charge in [-0.05, 0) is 30.4 Å². The number of carbonyl (C=O) groups is 1. The van der Waals surface area contributed by atoms with Gasteiger partial charge in [0.25, 0.3) is 0 Å². The van der Waals surface area contributed by atoms with Crippen LogP contribution >= 0.6 is 11.3 Å². The van der Waals surface area contributed by atoms with E-state index in [0.717, 1.165) is 58.2 Å². The van der Waals surface area contributed by atoms with Crippen LogP contribution in [0.4, 0.5) is 5.13 Å². The third-order valence-corrected chi connectivity index (χ3v) is 7.18. The van der Waals surface area contributed by atoms with Gasteiger partial charge in [-0.15, -0.1) is 0 Å². The van der Waals surface area contributed by atoms with Gasteiger partial charge in [-0.3, -0.25) is 4.79 Å². The van der Waals surface area contributed by atoms with Gasteiger partial charge in [-0.2, -0.15) is 4.98 Å². The Bertz CT molecular complexity index is 1250. The maximum atomic E-state index is 13.0. The SMILES string of the molecule is CCc1c(-c2nccn2C)cnc2nc(N3CCC[C@@H]3C(=O)NCc3ccccc3)sc12. The molecule has 0 bridgehead atoms. The quantitative estimate of drug-likeness (QED) is 0.486. The van der Waals surface area contributed by atoms with Gasteiger partial charge < -0.3 is 14.8 Å². The lowest BCUT2D eigenvalue weighted by atomic mass is 10.1. The molecule has 1 N–H and O–H groups in total. The van der Waals surface area contributed by atoms with Crippen molar-refractivity contribution in [3.8, 4) is 11.4 Å². The van der Waals surface area contributed by atoms with Gasteiger partial charge in [-0.25, -0.2) is 9.97 Å². The monoisotopic (exact) mass is 446 g/mol. The highest BCUT2D eigenvalue weighted by atomic mass is 32.1. The minimum absolute atomic E-state index is 0.0583. The van der Waals surface area contributed by atoms with Crippen LogP contribution < -0.4 is 10.2 Å². The summed E-state index contributed by atoms with van der Waals surface area (Å²) in [6.07, 6.45) is 8.31. The minimum atomic E-state index is -0.196. The van der Waals surface area contributed by atoms with Crippen LogP contribution in [0.1, 0.15) is 30.9 Å². The average Bonchev–Trinajstić information content (AvgIpc) is 3.56. The molecule has 1 aliphatic heterocycles. The third-order valence-electron chi connectivity index (χ3n) is 6.04. The Morgan fingerprint density at radius 1 is 1.25 bits per heavy atom. The number of rotatable bonds is 6. The van der Waals surface area contributed by atoms with Gasteiger partial charge >= 0.3 is 0 Å². The second-order valence-electron chi connectivity index (χ2n) is 8.07. The molecule has 7 nitrogen and oxygen atoms in total. The number of hydrogen-bond acceptors (Lipinski definition) is 6. The Labute approximate surface area is 191 Å². The van der Waals surface area contributed by atoms with Gasteiger partial charge in [0, 0.05) is 44.3 Å². The summed E-state index contributed by atoms with van der Waals surface area (Å²) in [5.74, 6) is 0.966. The van der Waals surface area contributed by atoms with Crippen LogP contribution in [-0.2, 0) is 24.8 Å². The summed E-state index contributed by atoms with van der Waals surface area (Å²) in [4.78, 5) is 29.1. The maximum Gasteiger partial charge on any atom is 0.243 e. The lowest BCUT2D eigenvalue weighted by Gasteiger charge is -2.23. The third kappa shape index (κ3) is 3.75. The molecule has 1 aliphatic rings. The van der Waals surface area contributed by atoms with Crippen molar-refractivity contribution in [2.45, 2.75) is 38.8 Å². The predicted octanol–water partition coefficient (Wildman–Crippen LogP) is 3.94. The standard InChI is InChI=1S/C24H26N6OS/c1-3-17-18(22-25-11-13-29(22)2)15-26-21-20(17)32-24(28-21)30-12-7-10-19(30)23(31)27-14-16-8-5-4-6-9-16/h4-6,8-9,11,13,15,19H,3,7,10,12,14H2,1-2H3,(H,27,31)/t19-/m1/s1. The van der Waals surface area contributed by atoms with Crippen molar-refractivity contribution in [2.24, 2.45) is 7.05 Å². The zero-order chi connectivity index (χ0) is 22.1. The first-order valence-electron chi connectivity index (χ1n) is 11.0. The second-order valence-corrected chi connectivity index (χ2v) is 9.05. The zero-order valence-corrected chi connectivity index (χ0v) is 19.1. The lowest BCUT2D eigenvalue weighted by molar-refractivity contribution is -0.122. The number of pyridine rings is 1. The number of imidazole rings is 1. The fraction of sp³-hybridized carbons (Fsp3) is 0.333. The van der Waals surface area contributed by atoms with Gasteiger partial charge in [0.1, 0.15) is 11.9 Å². The van der Waals surface area contributed by atoms with E-state index in [9.17, 15) is 4.79 Å². The van der Waals surface area contributed by atoms with Crippen LogP contribution in [0.3, 0.4) is 0 Å². The summed E-state index contributed by atoms with van der Waals surface area (Å²) in [6.45, 7) is 3.52. The van der Waals surface area contributed by atoms with E-state index in [2.05, 4.69) is 27.1 Å². The molecule has 5 rings (SSSR count). The molecule has 0 radical (unpaired) electrons. The normalized spacial score (nSPS) is 16.1. The Morgan fingerprint density at radius 3 is 2.84 bits per heavy atom. The Morgan fingerprint density at radius 2 is 2.09 bits per heavy atom. The molecule has 4 aromatic rings. The number of aryl methyl sites for hydroxylation is 2. The van der Waals surface area contributed by atoms with Gasteiger partial charge in [0.2, 0.25) is 5.91 Å². The molecule has 1 aromatic carbocycles. The van der Waals surface area contributed by atoms with Gasteiger partial charge in [0.15, 0.2) is 10.8 Å². The first kappa shape index (κ1) is 20.6. The van der Waals surface area contributed by atoms with E-state index in [-0.39, 0.29) is 11.9 Å². The van der Waals surface area contributed by atoms with E-state index in [1.54, 1.807) is 17.5 Å². The fourth-order valence-corrected chi connectivity index (χ4v) is 5.59. The molecule has 1 atom stereocenters. The number of nitrogens with zero attached hydrogens (tertiary/aromatic N) is 5. The van der Waals surface area contributed by atoms with Crippen molar-refractivity contribution < 1.29 is 4.79 Å². The van der Waals surface area contributed by atoms with E-state index in [0.29, 0.717) is 6.54 Å². The van der Waals surface area contributed by atoms with Crippen molar-refractivity contribution >= 4 is 32.7 Å². The highest BCUT2D eigenvalue weighted by Gasteiger charge is 2.33. The summed E-state index contributed by atoms with van der Waals surface area (Å²) in [7, 11) is 1.99. The van der Waals surface area contributed by atoms with E-state index in [4.69, 9.17) is 4.98 Å². The number of benzene rings is 1. The fourth-order valence-electron chi connectivity index (χ4n) is 4.37. The Hall–Kier alpha value is -3.26. The molecule has 8 heteroatoms. The molecule has 1 amide bonds. The highest BCUT2D eigenvalue weighted by Crippen LogP contribution is 2.37. The molecular weight excluding hydrogens is 420 g/mol. The largest absolute Gasteiger partial charge is 0.350 e. The van der Waals surface area contributed by atoms with E-state index in [1.165, 1.54) is 5.56 Å². The van der Waals surface area contributed by atoms with Crippen molar-refractivity contribution in [2.75, 3.05) is 11.4 Å². The summed E-state index contributed by atoms with van der Waals surface area (Å²) in [6, 6.07) is 9.81. The van der Waals surface area contributed by atoms with E-state index < -0.39 is 0 Å². The van der Waals surface area contributed by atoms with E-state index in [1.807, 2.05) is 54.3 Å². The molecule has 0 spiro atoms. The molecule has 32 heavy (non-hydrogen) atoms. The van der Waals surface area contributed by atoms with E-state index >= 15 is 0 Å². The average molecular weight is 447 g/mol. The number of carbonyl (C=O) groups excluding carboxylic acids is 1. The van der Waals surface area contributed by atoms with Crippen LogP contribution in [0.25, 0.3) is 21.7 Å². The molecule has 4 heterocycles. The van der Waals surface area contributed by atoms with Gasteiger partial charge in [-0.1, -0.05) is 48.6 Å². The highest BCUT2D eigenvalue weighted by molar-refractivity contribution is 7.22. The van der Waals surface area contributed by atoms with Gasteiger partial charge in [0.05, 0.1) is 4.70 Å². The molecule has 1 fully saturated rings. The van der Waals surface area contributed by atoms with Crippen molar-refractivity contribution in [1.29, 1.82) is 0 Å². The number of anilines is 1. The molecule has 164 valence electrons. The molecular formula is C24H26N6OS. The number of amides is 1. The lowest BCUT2D eigenvalue weighted by Crippen LogP contribution is -2.43. The summed E-state index contributed by atoms with van der Waals surface area (Å²) >= 11 is 1.63. The second kappa shape index (κ2) is 8.70. The summed E-state index contributed by atoms with van der Waals surface area (Å²) in [5.41, 5.74) is 4.10. The number of aromatic nitrogens is 4. The van der Waals surface area contributed by atoms with Crippen LogP contribution in [0.15, 0.2) is 48.9 Å². The van der Waals surface area contributed by atoms with Crippen molar-refractivity contribution in [3.05, 3.63) is 60.0 Å². The summed E-state index contributed by atoms with van der Waals surface area (Å²) < 4.78 is 3.09. The summed E-state index contributed by atoms with van der Waals surface area (Å²) in [5, 5.41) is 3.97. The zero-order valence-electron chi connectivity index (χ0n) is 18.3. The molecule has 0 aliphatic carbocycles. The molecule has 0 unspecified atom stereocenters. The Balaban J connectivity index is 1.42. The van der Waals surface area contributed by atoms with Crippen LogP contribution in [-0.4, -0.2) is 38.0 Å². The topological polar surface area (TPSA) is 75.9 Å². The van der Waals surface area contributed by atoms with Crippen LogP contribution in [0, 0.1) is 0 Å². The van der Waals surface area contributed by atoms with Crippen LogP contribution in [0.2, 0.25) is 0 Å². The number of fused-ring (bicyclic) bond motifs is 1. The first-order valence-corrected chi connectivity index (χ1v) is 11.8. The maximum absolute atomic E-state index is 13.0. The number of hydrogen-bond donors (Lipinski definition) is 1. The molecule has 3 aromatic heterocycles. The first-order chi connectivity index (χ1) is 15.7.